The molecule has 0 aliphatic heterocycles. The molecule has 2 amide bonds. The average molecular weight is 319 g/mol. The van der Waals surface area contributed by atoms with Crippen molar-refractivity contribution in [1.82, 2.24) is 10.2 Å². The minimum atomic E-state index is -0.219. The molecule has 0 fully saturated rings. The van der Waals surface area contributed by atoms with Crippen LogP contribution in [-0.4, -0.2) is 56.2 Å². The summed E-state index contributed by atoms with van der Waals surface area (Å²) in [5.41, 5.74) is 1.18. The van der Waals surface area contributed by atoms with Gasteiger partial charge < -0.3 is 15.1 Å². The zero-order valence-electron chi connectivity index (χ0n) is 14.3. The standard InChI is InChI=1S/C17H25N3O3/c1-13(21)15-6-8-16(9-7-15)20(14(2)22)12-17(23)18-10-5-11-19(3)4/h6-9H,5,10-12H2,1-4H3,(H,18,23). The van der Waals surface area contributed by atoms with Crippen LogP contribution in [-0.2, 0) is 9.59 Å². The summed E-state index contributed by atoms with van der Waals surface area (Å²) in [5.74, 6) is -0.455. The average Bonchev–Trinajstić information content (AvgIpc) is 2.49. The number of hydrogen-bond donors (Lipinski definition) is 1. The summed E-state index contributed by atoms with van der Waals surface area (Å²) >= 11 is 0. The van der Waals surface area contributed by atoms with Crippen molar-refractivity contribution < 1.29 is 14.4 Å². The van der Waals surface area contributed by atoms with Crippen LogP contribution in [0.1, 0.15) is 30.6 Å². The highest BCUT2D eigenvalue weighted by Gasteiger charge is 2.15. The van der Waals surface area contributed by atoms with Gasteiger partial charge in [-0.1, -0.05) is 0 Å². The Morgan fingerprint density at radius 3 is 2.13 bits per heavy atom. The lowest BCUT2D eigenvalue weighted by atomic mass is 10.1. The Morgan fingerprint density at radius 1 is 1.04 bits per heavy atom. The van der Waals surface area contributed by atoms with Gasteiger partial charge in [-0.2, -0.15) is 0 Å². The molecule has 0 atom stereocenters. The second kappa shape index (κ2) is 9.05. The SMILES string of the molecule is CC(=O)c1ccc(N(CC(=O)NCCCN(C)C)C(C)=O)cc1. The highest BCUT2D eigenvalue weighted by Crippen LogP contribution is 2.15. The van der Waals surface area contributed by atoms with Crippen LogP contribution in [0.2, 0.25) is 0 Å². The molecule has 23 heavy (non-hydrogen) atoms. The molecular weight excluding hydrogens is 294 g/mol. The van der Waals surface area contributed by atoms with E-state index in [0.29, 0.717) is 17.8 Å². The number of carbonyl (C=O) groups excluding carboxylic acids is 3. The van der Waals surface area contributed by atoms with Crippen LogP contribution in [0.15, 0.2) is 24.3 Å². The Morgan fingerprint density at radius 2 is 1.65 bits per heavy atom. The molecule has 6 nitrogen and oxygen atoms in total. The summed E-state index contributed by atoms with van der Waals surface area (Å²) in [5, 5.41) is 2.81. The Hall–Kier alpha value is -2.21. The molecule has 126 valence electrons. The predicted molar refractivity (Wildman–Crippen MR) is 90.7 cm³/mol. The van der Waals surface area contributed by atoms with E-state index in [2.05, 4.69) is 5.32 Å². The zero-order chi connectivity index (χ0) is 17.4. The van der Waals surface area contributed by atoms with Crippen molar-refractivity contribution in [2.24, 2.45) is 0 Å². The molecule has 0 aromatic heterocycles. The molecule has 0 spiro atoms. The van der Waals surface area contributed by atoms with Crippen molar-refractivity contribution in [2.45, 2.75) is 20.3 Å². The summed E-state index contributed by atoms with van der Waals surface area (Å²) in [6.07, 6.45) is 0.853. The third-order valence-electron chi connectivity index (χ3n) is 3.37. The van der Waals surface area contributed by atoms with Crippen molar-refractivity contribution in [3.63, 3.8) is 0 Å². The van der Waals surface area contributed by atoms with Gasteiger partial charge in [0.1, 0.15) is 6.54 Å². The van der Waals surface area contributed by atoms with Crippen molar-refractivity contribution in [1.29, 1.82) is 0 Å². The number of rotatable bonds is 8. The number of nitrogens with zero attached hydrogens (tertiary/aromatic N) is 2. The van der Waals surface area contributed by atoms with E-state index in [1.165, 1.54) is 18.7 Å². The number of amides is 2. The summed E-state index contributed by atoms with van der Waals surface area (Å²) in [4.78, 5) is 38.5. The number of hydrogen-bond acceptors (Lipinski definition) is 4. The fourth-order valence-electron chi connectivity index (χ4n) is 2.08. The molecule has 0 saturated carbocycles. The molecule has 6 heteroatoms. The van der Waals surface area contributed by atoms with Crippen LogP contribution in [0.4, 0.5) is 5.69 Å². The molecule has 0 bridgehead atoms. The second-order valence-corrected chi connectivity index (χ2v) is 5.72. The first-order valence-electron chi connectivity index (χ1n) is 7.61. The zero-order valence-corrected chi connectivity index (χ0v) is 14.3. The van der Waals surface area contributed by atoms with Gasteiger partial charge in [0.05, 0.1) is 0 Å². The number of nitrogens with one attached hydrogen (secondary N) is 1. The molecule has 1 aromatic carbocycles. The fourth-order valence-corrected chi connectivity index (χ4v) is 2.08. The van der Waals surface area contributed by atoms with E-state index in [4.69, 9.17) is 0 Å². The molecule has 0 unspecified atom stereocenters. The van der Waals surface area contributed by atoms with E-state index in [-0.39, 0.29) is 24.1 Å². The maximum Gasteiger partial charge on any atom is 0.240 e. The van der Waals surface area contributed by atoms with Crippen molar-refractivity contribution in [3.05, 3.63) is 29.8 Å². The Labute approximate surface area is 137 Å². The summed E-state index contributed by atoms with van der Waals surface area (Å²) in [6, 6.07) is 6.67. The molecule has 1 aromatic rings. The summed E-state index contributed by atoms with van der Waals surface area (Å²) in [7, 11) is 3.95. The fraction of sp³-hybridized carbons (Fsp3) is 0.471. The molecule has 1 N–H and O–H groups in total. The highest BCUT2D eigenvalue weighted by atomic mass is 16.2. The summed E-state index contributed by atoms with van der Waals surface area (Å²) in [6.45, 7) is 4.34. The van der Waals surface area contributed by atoms with Gasteiger partial charge in [0.15, 0.2) is 5.78 Å². The Bertz CT molecular complexity index is 553. The minimum Gasteiger partial charge on any atom is -0.355 e. The lowest BCUT2D eigenvalue weighted by Gasteiger charge is -2.21. The van der Waals surface area contributed by atoms with E-state index < -0.39 is 0 Å². The maximum absolute atomic E-state index is 12.0. The van der Waals surface area contributed by atoms with Crippen LogP contribution >= 0.6 is 0 Å². The quantitative estimate of drug-likeness (QED) is 0.579. The monoisotopic (exact) mass is 319 g/mol. The van der Waals surface area contributed by atoms with Gasteiger partial charge in [-0.3, -0.25) is 14.4 Å². The van der Waals surface area contributed by atoms with Gasteiger partial charge in [0.2, 0.25) is 11.8 Å². The van der Waals surface area contributed by atoms with Crippen molar-refractivity contribution >= 4 is 23.3 Å². The van der Waals surface area contributed by atoms with Gasteiger partial charge in [0, 0.05) is 24.7 Å². The number of ketones is 1. The third-order valence-corrected chi connectivity index (χ3v) is 3.37. The lowest BCUT2D eigenvalue weighted by Crippen LogP contribution is -2.40. The van der Waals surface area contributed by atoms with Crippen molar-refractivity contribution in [3.8, 4) is 0 Å². The number of benzene rings is 1. The van der Waals surface area contributed by atoms with Gasteiger partial charge in [-0.25, -0.2) is 0 Å². The number of anilines is 1. The third kappa shape index (κ3) is 6.61. The van der Waals surface area contributed by atoms with Gasteiger partial charge in [0.25, 0.3) is 0 Å². The maximum atomic E-state index is 12.0. The topological polar surface area (TPSA) is 69.7 Å². The van der Waals surface area contributed by atoms with Crippen molar-refractivity contribution in [2.75, 3.05) is 38.6 Å². The molecule has 0 aliphatic carbocycles. The normalized spacial score (nSPS) is 10.5. The summed E-state index contributed by atoms with van der Waals surface area (Å²) < 4.78 is 0. The van der Waals surface area contributed by atoms with Crippen LogP contribution in [0.5, 0.6) is 0 Å². The molecule has 0 radical (unpaired) electrons. The highest BCUT2D eigenvalue weighted by molar-refractivity contribution is 5.98. The predicted octanol–water partition coefficient (Wildman–Crippen LogP) is 1.31. The molecule has 0 aliphatic rings. The van der Waals surface area contributed by atoms with Gasteiger partial charge >= 0.3 is 0 Å². The van der Waals surface area contributed by atoms with E-state index in [0.717, 1.165) is 13.0 Å². The van der Waals surface area contributed by atoms with Crippen LogP contribution in [0.3, 0.4) is 0 Å². The van der Waals surface area contributed by atoms with E-state index >= 15 is 0 Å². The molecule has 0 heterocycles. The van der Waals surface area contributed by atoms with Crippen LogP contribution < -0.4 is 10.2 Å². The minimum absolute atomic E-state index is 0.0310. The van der Waals surface area contributed by atoms with Crippen LogP contribution in [0.25, 0.3) is 0 Å². The first-order valence-corrected chi connectivity index (χ1v) is 7.61. The smallest absolute Gasteiger partial charge is 0.240 e. The van der Waals surface area contributed by atoms with Gasteiger partial charge in [-0.15, -0.1) is 0 Å². The number of Topliss-reactive ketones (excluding diaryl/α,β-unsaturated/α-hetero) is 1. The molecular formula is C17H25N3O3. The van der Waals surface area contributed by atoms with Gasteiger partial charge in [-0.05, 0) is 58.3 Å². The second-order valence-electron chi connectivity index (χ2n) is 5.72. The molecule has 1 rings (SSSR count). The lowest BCUT2D eigenvalue weighted by molar-refractivity contribution is -0.123. The van der Waals surface area contributed by atoms with E-state index in [9.17, 15) is 14.4 Å². The van der Waals surface area contributed by atoms with Crippen LogP contribution in [0, 0.1) is 0 Å². The first-order chi connectivity index (χ1) is 10.8. The molecule has 0 saturated heterocycles. The first kappa shape index (κ1) is 18.8. The van der Waals surface area contributed by atoms with E-state index in [1.54, 1.807) is 24.3 Å². The largest absolute Gasteiger partial charge is 0.355 e. The Kier molecular flexibility index (Phi) is 7.41. The Balaban J connectivity index is 2.63. The number of carbonyl (C=O) groups is 3. The van der Waals surface area contributed by atoms with E-state index in [1.807, 2.05) is 19.0 Å².